The van der Waals surface area contributed by atoms with Gasteiger partial charge in [-0.2, -0.15) is 4.98 Å². The first-order valence-corrected chi connectivity index (χ1v) is 7.42. The van der Waals surface area contributed by atoms with Gasteiger partial charge in [-0.25, -0.2) is 0 Å². The predicted molar refractivity (Wildman–Crippen MR) is 87.6 cm³/mol. The van der Waals surface area contributed by atoms with E-state index in [4.69, 9.17) is 10.5 Å². The molecule has 0 bridgehead atoms. The van der Waals surface area contributed by atoms with Crippen LogP contribution in [0, 0.1) is 0 Å². The molecule has 0 saturated carbocycles. The Morgan fingerprint density at radius 1 is 1.10 bits per heavy atom. The van der Waals surface area contributed by atoms with E-state index in [9.17, 15) is 0 Å². The summed E-state index contributed by atoms with van der Waals surface area (Å²) in [5.74, 6) is 1.42. The van der Waals surface area contributed by atoms with E-state index in [1.54, 1.807) is 0 Å². The SMILES string of the molecule is CCCOc1nc(N(CC)Cc2ccccc2)ccc1N. The molecule has 0 fully saturated rings. The third-order valence-electron chi connectivity index (χ3n) is 3.24. The van der Waals surface area contributed by atoms with Gasteiger partial charge in [-0.1, -0.05) is 37.3 Å². The van der Waals surface area contributed by atoms with Crippen molar-refractivity contribution >= 4 is 11.5 Å². The molecule has 2 aromatic rings. The van der Waals surface area contributed by atoms with Crippen LogP contribution in [0.5, 0.6) is 5.88 Å². The lowest BCUT2D eigenvalue weighted by atomic mass is 10.2. The lowest BCUT2D eigenvalue weighted by molar-refractivity contribution is 0.307. The molecule has 0 amide bonds. The minimum absolute atomic E-state index is 0.529. The zero-order valence-electron chi connectivity index (χ0n) is 12.7. The van der Waals surface area contributed by atoms with Gasteiger partial charge in [-0.3, -0.25) is 0 Å². The van der Waals surface area contributed by atoms with Crippen molar-refractivity contribution < 1.29 is 4.74 Å². The molecule has 0 spiro atoms. The summed E-state index contributed by atoms with van der Waals surface area (Å²) >= 11 is 0. The number of ether oxygens (including phenoxy) is 1. The molecular formula is C17H23N3O. The number of hydrogen-bond acceptors (Lipinski definition) is 4. The number of nitrogen functional groups attached to an aromatic ring is 1. The van der Waals surface area contributed by atoms with E-state index >= 15 is 0 Å². The van der Waals surface area contributed by atoms with Crippen molar-refractivity contribution in [1.82, 2.24) is 4.98 Å². The number of nitrogens with zero attached hydrogens (tertiary/aromatic N) is 2. The molecule has 0 unspecified atom stereocenters. The van der Waals surface area contributed by atoms with Crippen LogP contribution < -0.4 is 15.4 Å². The molecule has 0 aliphatic rings. The van der Waals surface area contributed by atoms with Crippen molar-refractivity contribution in [3.63, 3.8) is 0 Å². The van der Waals surface area contributed by atoms with Crippen LogP contribution in [0.15, 0.2) is 42.5 Å². The maximum absolute atomic E-state index is 5.92. The number of anilines is 2. The first-order valence-electron chi connectivity index (χ1n) is 7.42. The lowest BCUT2D eigenvalue weighted by Crippen LogP contribution is -2.23. The monoisotopic (exact) mass is 285 g/mol. The topological polar surface area (TPSA) is 51.4 Å². The van der Waals surface area contributed by atoms with Gasteiger partial charge in [0.15, 0.2) is 0 Å². The van der Waals surface area contributed by atoms with E-state index in [1.165, 1.54) is 5.56 Å². The molecule has 2 N–H and O–H groups in total. The van der Waals surface area contributed by atoms with Gasteiger partial charge in [-0.15, -0.1) is 0 Å². The molecule has 0 aliphatic carbocycles. The second-order valence-corrected chi connectivity index (χ2v) is 4.91. The van der Waals surface area contributed by atoms with Crippen LogP contribution in [0.25, 0.3) is 0 Å². The molecule has 112 valence electrons. The van der Waals surface area contributed by atoms with E-state index in [0.29, 0.717) is 18.2 Å². The summed E-state index contributed by atoms with van der Waals surface area (Å²) in [4.78, 5) is 6.76. The van der Waals surface area contributed by atoms with Crippen LogP contribution in [0.3, 0.4) is 0 Å². The normalized spacial score (nSPS) is 10.4. The van der Waals surface area contributed by atoms with Crippen LogP contribution in [-0.4, -0.2) is 18.1 Å². The van der Waals surface area contributed by atoms with Crippen molar-refractivity contribution in [2.75, 3.05) is 23.8 Å². The number of pyridine rings is 1. The Balaban J connectivity index is 2.17. The van der Waals surface area contributed by atoms with Crippen LogP contribution in [0.1, 0.15) is 25.8 Å². The standard InChI is InChI=1S/C17H23N3O/c1-3-12-21-17-15(18)10-11-16(19-17)20(4-2)13-14-8-6-5-7-9-14/h5-11H,3-4,12-13,18H2,1-2H3. The summed E-state index contributed by atoms with van der Waals surface area (Å²) in [5, 5.41) is 0. The number of benzene rings is 1. The number of rotatable bonds is 7. The summed E-state index contributed by atoms with van der Waals surface area (Å²) in [5.41, 5.74) is 7.76. The van der Waals surface area contributed by atoms with Crippen LogP contribution in [-0.2, 0) is 6.54 Å². The van der Waals surface area contributed by atoms with E-state index in [-0.39, 0.29) is 0 Å². The Kier molecular flexibility index (Phi) is 5.43. The highest BCUT2D eigenvalue weighted by molar-refractivity contribution is 5.54. The second kappa shape index (κ2) is 7.53. The summed E-state index contributed by atoms with van der Waals surface area (Å²) in [7, 11) is 0. The molecule has 1 aromatic carbocycles. The predicted octanol–water partition coefficient (Wildman–Crippen LogP) is 3.48. The molecule has 4 nitrogen and oxygen atoms in total. The molecule has 2 rings (SSSR count). The second-order valence-electron chi connectivity index (χ2n) is 4.91. The summed E-state index contributed by atoms with van der Waals surface area (Å²) in [6, 6.07) is 14.2. The number of nitrogens with two attached hydrogens (primary N) is 1. The minimum Gasteiger partial charge on any atom is -0.476 e. The van der Waals surface area contributed by atoms with Crippen LogP contribution in [0.2, 0.25) is 0 Å². The van der Waals surface area contributed by atoms with Gasteiger partial charge in [0.05, 0.1) is 12.3 Å². The molecule has 1 heterocycles. The van der Waals surface area contributed by atoms with Crippen LogP contribution >= 0.6 is 0 Å². The molecule has 0 saturated heterocycles. The van der Waals surface area contributed by atoms with Crippen molar-refractivity contribution in [1.29, 1.82) is 0 Å². The largest absolute Gasteiger partial charge is 0.476 e. The van der Waals surface area contributed by atoms with Gasteiger partial charge in [0.1, 0.15) is 5.82 Å². The highest BCUT2D eigenvalue weighted by atomic mass is 16.5. The van der Waals surface area contributed by atoms with Gasteiger partial charge >= 0.3 is 0 Å². The van der Waals surface area contributed by atoms with Crippen molar-refractivity contribution in [2.24, 2.45) is 0 Å². The van der Waals surface area contributed by atoms with Crippen LogP contribution in [0.4, 0.5) is 11.5 Å². The fraction of sp³-hybridized carbons (Fsp3) is 0.353. The number of aromatic nitrogens is 1. The Hall–Kier alpha value is -2.23. The smallest absolute Gasteiger partial charge is 0.239 e. The maximum atomic E-state index is 5.92. The fourth-order valence-corrected chi connectivity index (χ4v) is 2.09. The van der Waals surface area contributed by atoms with Crippen molar-refractivity contribution in [3.05, 3.63) is 48.0 Å². The highest BCUT2D eigenvalue weighted by Gasteiger charge is 2.10. The lowest BCUT2D eigenvalue weighted by Gasteiger charge is -2.23. The summed E-state index contributed by atoms with van der Waals surface area (Å²) < 4.78 is 5.61. The molecule has 4 heteroatoms. The Bertz CT molecular complexity index is 557. The van der Waals surface area contributed by atoms with Gasteiger partial charge < -0.3 is 15.4 Å². The van der Waals surface area contributed by atoms with Gasteiger partial charge in [0, 0.05) is 13.1 Å². The maximum Gasteiger partial charge on any atom is 0.239 e. The van der Waals surface area contributed by atoms with E-state index < -0.39 is 0 Å². The minimum atomic E-state index is 0.529. The third kappa shape index (κ3) is 4.12. The first kappa shape index (κ1) is 15.2. The molecule has 1 aromatic heterocycles. The van der Waals surface area contributed by atoms with Crippen molar-refractivity contribution in [3.8, 4) is 5.88 Å². The first-order chi connectivity index (χ1) is 10.2. The Morgan fingerprint density at radius 3 is 2.52 bits per heavy atom. The Labute approximate surface area is 126 Å². The third-order valence-corrected chi connectivity index (χ3v) is 3.24. The summed E-state index contributed by atoms with van der Waals surface area (Å²) in [6.07, 6.45) is 0.937. The van der Waals surface area contributed by atoms with Gasteiger partial charge in [0.25, 0.3) is 0 Å². The molecule has 21 heavy (non-hydrogen) atoms. The molecule has 0 radical (unpaired) electrons. The highest BCUT2D eigenvalue weighted by Crippen LogP contribution is 2.24. The van der Waals surface area contributed by atoms with E-state index in [0.717, 1.165) is 25.3 Å². The van der Waals surface area contributed by atoms with E-state index in [1.807, 2.05) is 18.2 Å². The molecule has 0 atom stereocenters. The van der Waals surface area contributed by atoms with E-state index in [2.05, 4.69) is 48.0 Å². The zero-order valence-corrected chi connectivity index (χ0v) is 12.7. The summed E-state index contributed by atoms with van der Waals surface area (Å²) in [6.45, 7) is 6.51. The molecular weight excluding hydrogens is 262 g/mol. The number of hydrogen-bond donors (Lipinski definition) is 1. The molecule has 0 aliphatic heterocycles. The fourth-order valence-electron chi connectivity index (χ4n) is 2.09. The van der Waals surface area contributed by atoms with Gasteiger partial charge in [0.2, 0.25) is 5.88 Å². The Morgan fingerprint density at radius 2 is 1.86 bits per heavy atom. The zero-order chi connectivity index (χ0) is 15.1. The average Bonchev–Trinajstić information content (AvgIpc) is 2.53. The van der Waals surface area contributed by atoms with Crippen molar-refractivity contribution in [2.45, 2.75) is 26.8 Å². The van der Waals surface area contributed by atoms with Gasteiger partial charge in [-0.05, 0) is 31.0 Å². The quantitative estimate of drug-likeness (QED) is 0.846. The average molecular weight is 285 g/mol.